The van der Waals surface area contributed by atoms with E-state index >= 15 is 0 Å². The zero-order valence-corrected chi connectivity index (χ0v) is 16.7. The Bertz CT molecular complexity index is 866. The molecule has 5 nitrogen and oxygen atoms in total. The minimum Gasteiger partial charge on any atom is -0.349 e. The third-order valence-corrected chi connectivity index (χ3v) is 8.04. The summed E-state index contributed by atoms with van der Waals surface area (Å²) in [6.45, 7) is 5.14. The third kappa shape index (κ3) is 4.34. The molecule has 1 unspecified atom stereocenters. The Morgan fingerprint density at radius 2 is 1.81 bits per heavy atom. The lowest BCUT2D eigenvalue weighted by atomic mass is 10.1. The molecule has 7 heteroatoms. The van der Waals surface area contributed by atoms with Crippen LogP contribution in [0.5, 0.6) is 0 Å². The summed E-state index contributed by atoms with van der Waals surface area (Å²) in [4.78, 5) is 13.1. The Hall–Kier alpha value is -1.70. The van der Waals surface area contributed by atoms with E-state index < -0.39 is 10.0 Å². The number of amides is 1. The lowest BCUT2D eigenvalue weighted by Crippen LogP contribution is -2.28. The van der Waals surface area contributed by atoms with Crippen molar-refractivity contribution in [1.29, 1.82) is 0 Å². The van der Waals surface area contributed by atoms with E-state index in [1.54, 1.807) is 12.1 Å². The van der Waals surface area contributed by atoms with E-state index in [2.05, 4.69) is 5.32 Å². The summed E-state index contributed by atoms with van der Waals surface area (Å²) < 4.78 is 27.0. The van der Waals surface area contributed by atoms with Crippen LogP contribution in [0.2, 0.25) is 0 Å². The number of carbonyl (C=O) groups is 1. The van der Waals surface area contributed by atoms with Crippen molar-refractivity contribution < 1.29 is 13.2 Å². The van der Waals surface area contributed by atoms with Gasteiger partial charge in [0.15, 0.2) is 0 Å². The molecule has 0 aliphatic carbocycles. The number of benzene rings is 1. The first-order chi connectivity index (χ1) is 12.4. The quantitative estimate of drug-likeness (QED) is 0.820. The molecule has 1 atom stereocenters. The summed E-state index contributed by atoms with van der Waals surface area (Å²) in [5, 5.41) is 2.98. The van der Waals surface area contributed by atoms with Gasteiger partial charge in [-0.3, -0.25) is 4.79 Å². The highest BCUT2D eigenvalue weighted by molar-refractivity contribution is 7.91. The van der Waals surface area contributed by atoms with Crippen LogP contribution in [0.25, 0.3) is 0 Å². The van der Waals surface area contributed by atoms with Crippen molar-refractivity contribution in [3.63, 3.8) is 0 Å². The second kappa shape index (κ2) is 7.90. The fraction of sp³-hybridized carbons (Fsp3) is 0.421. The van der Waals surface area contributed by atoms with Crippen LogP contribution in [-0.4, -0.2) is 31.7 Å². The van der Waals surface area contributed by atoms with Gasteiger partial charge in [-0.15, -0.1) is 11.3 Å². The highest BCUT2D eigenvalue weighted by atomic mass is 32.2. The number of hydrogen-bond acceptors (Lipinski definition) is 4. The Kier molecular flexibility index (Phi) is 5.79. The fourth-order valence-corrected chi connectivity index (χ4v) is 6.06. The van der Waals surface area contributed by atoms with Gasteiger partial charge in [0.1, 0.15) is 4.21 Å². The van der Waals surface area contributed by atoms with Crippen LogP contribution in [0.4, 0.5) is 0 Å². The van der Waals surface area contributed by atoms with Gasteiger partial charge in [0.05, 0.1) is 12.5 Å². The lowest BCUT2D eigenvalue weighted by Gasteiger charge is -2.14. The number of carbonyl (C=O) groups excluding carboxylic acids is 1. The Balaban J connectivity index is 1.61. The van der Waals surface area contributed by atoms with Crippen molar-refractivity contribution >= 4 is 27.3 Å². The van der Waals surface area contributed by atoms with Crippen LogP contribution in [0.1, 0.15) is 41.8 Å². The van der Waals surface area contributed by atoms with Gasteiger partial charge in [-0.25, -0.2) is 8.42 Å². The molecule has 1 aromatic heterocycles. The van der Waals surface area contributed by atoms with Gasteiger partial charge in [-0.2, -0.15) is 4.31 Å². The van der Waals surface area contributed by atoms with E-state index in [0.717, 1.165) is 23.3 Å². The fourth-order valence-electron chi connectivity index (χ4n) is 3.04. The SMILES string of the molecule is Cc1ccc(C(C)NC(=O)Cc2ccc(S(=O)(=O)N3CCCC3)s2)cc1. The maximum Gasteiger partial charge on any atom is 0.252 e. The predicted molar refractivity (Wildman–Crippen MR) is 104 cm³/mol. The average Bonchev–Trinajstić information content (AvgIpc) is 3.27. The molecule has 1 N–H and O–H groups in total. The van der Waals surface area contributed by atoms with Crippen LogP contribution in [0, 0.1) is 6.92 Å². The van der Waals surface area contributed by atoms with Gasteiger partial charge < -0.3 is 5.32 Å². The van der Waals surface area contributed by atoms with Crippen LogP contribution in [0.3, 0.4) is 0 Å². The highest BCUT2D eigenvalue weighted by Crippen LogP contribution is 2.27. The number of hydrogen-bond donors (Lipinski definition) is 1. The Morgan fingerprint density at radius 3 is 2.46 bits per heavy atom. The van der Waals surface area contributed by atoms with E-state index in [-0.39, 0.29) is 18.4 Å². The van der Waals surface area contributed by atoms with Gasteiger partial charge in [-0.1, -0.05) is 29.8 Å². The summed E-state index contributed by atoms with van der Waals surface area (Å²) in [6.07, 6.45) is 2.02. The molecule has 1 aliphatic rings. The molecule has 1 fully saturated rings. The Morgan fingerprint density at radius 1 is 1.15 bits per heavy atom. The van der Waals surface area contributed by atoms with Crippen molar-refractivity contribution in [3.8, 4) is 0 Å². The van der Waals surface area contributed by atoms with E-state index in [4.69, 9.17) is 0 Å². The summed E-state index contributed by atoms with van der Waals surface area (Å²) in [5.74, 6) is -0.106. The first-order valence-electron chi connectivity index (χ1n) is 8.81. The summed E-state index contributed by atoms with van der Waals surface area (Å²) in [7, 11) is -3.40. The highest BCUT2D eigenvalue weighted by Gasteiger charge is 2.28. The third-order valence-electron chi connectivity index (χ3n) is 4.59. The summed E-state index contributed by atoms with van der Waals surface area (Å²) in [5.41, 5.74) is 2.23. The minimum atomic E-state index is -3.40. The summed E-state index contributed by atoms with van der Waals surface area (Å²) >= 11 is 1.19. The molecule has 0 saturated carbocycles. The number of sulfonamides is 1. The molecule has 1 saturated heterocycles. The molecular formula is C19H24N2O3S2. The predicted octanol–water partition coefficient (Wildman–Crippen LogP) is 3.26. The van der Waals surface area contributed by atoms with Crippen molar-refractivity contribution in [2.75, 3.05) is 13.1 Å². The standard InChI is InChI=1S/C19H24N2O3S2/c1-14-5-7-16(8-6-14)15(2)20-18(22)13-17-9-10-19(25-17)26(23,24)21-11-3-4-12-21/h5-10,15H,3-4,11-13H2,1-2H3,(H,20,22). The maximum atomic E-state index is 12.6. The molecule has 0 radical (unpaired) electrons. The lowest BCUT2D eigenvalue weighted by molar-refractivity contribution is -0.121. The van der Waals surface area contributed by atoms with Gasteiger partial charge in [0, 0.05) is 18.0 Å². The van der Waals surface area contributed by atoms with E-state index in [1.807, 2.05) is 38.1 Å². The molecule has 2 heterocycles. The van der Waals surface area contributed by atoms with Crippen molar-refractivity contribution in [2.24, 2.45) is 0 Å². The van der Waals surface area contributed by atoms with Gasteiger partial charge in [0.25, 0.3) is 10.0 Å². The van der Waals surface area contributed by atoms with Crippen LogP contribution < -0.4 is 5.32 Å². The normalized spacial score (nSPS) is 16.5. The molecule has 1 amide bonds. The number of nitrogens with zero attached hydrogens (tertiary/aromatic N) is 1. The molecule has 0 bridgehead atoms. The second-order valence-electron chi connectivity index (χ2n) is 6.71. The van der Waals surface area contributed by atoms with E-state index in [9.17, 15) is 13.2 Å². The molecular weight excluding hydrogens is 368 g/mol. The zero-order valence-electron chi connectivity index (χ0n) is 15.1. The van der Waals surface area contributed by atoms with Gasteiger partial charge in [-0.05, 0) is 44.4 Å². The smallest absolute Gasteiger partial charge is 0.252 e. The molecule has 1 aromatic carbocycles. The number of thiophene rings is 1. The number of rotatable bonds is 6. The van der Waals surface area contributed by atoms with Crippen molar-refractivity contribution in [1.82, 2.24) is 9.62 Å². The van der Waals surface area contributed by atoms with Crippen molar-refractivity contribution in [2.45, 2.75) is 43.4 Å². The molecule has 1 aliphatic heterocycles. The summed E-state index contributed by atoms with van der Waals surface area (Å²) in [6, 6.07) is 11.3. The average molecular weight is 393 g/mol. The van der Waals surface area contributed by atoms with Gasteiger partial charge in [0.2, 0.25) is 5.91 Å². The maximum absolute atomic E-state index is 12.6. The molecule has 2 aromatic rings. The Labute approximate surface area is 159 Å². The topological polar surface area (TPSA) is 66.5 Å². The first kappa shape index (κ1) is 19.1. The van der Waals surface area contributed by atoms with Crippen molar-refractivity contribution in [3.05, 3.63) is 52.4 Å². The molecule has 140 valence electrons. The number of nitrogens with one attached hydrogen (secondary N) is 1. The van der Waals surface area contributed by atoms with Gasteiger partial charge >= 0.3 is 0 Å². The number of aryl methyl sites for hydroxylation is 1. The molecule has 3 rings (SSSR count). The largest absolute Gasteiger partial charge is 0.349 e. The van der Waals surface area contributed by atoms with E-state index in [1.165, 1.54) is 21.2 Å². The van der Waals surface area contributed by atoms with Crippen LogP contribution >= 0.6 is 11.3 Å². The zero-order chi connectivity index (χ0) is 18.7. The van der Waals surface area contributed by atoms with Crippen LogP contribution in [0.15, 0.2) is 40.6 Å². The van der Waals surface area contributed by atoms with Crippen LogP contribution in [-0.2, 0) is 21.2 Å². The monoisotopic (exact) mass is 392 g/mol. The first-order valence-corrected chi connectivity index (χ1v) is 11.1. The molecule has 26 heavy (non-hydrogen) atoms. The van der Waals surface area contributed by atoms with E-state index in [0.29, 0.717) is 17.3 Å². The molecule has 0 spiro atoms. The second-order valence-corrected chi connectivity index (χ2v) is 10.0. The minimum absolute atomic E-state index is 0.0872.